The van der Waals surface area contributed by atoms with Gasteiger partial charge in [-0.25, -0.2) is 4.79 Å². The molecule has 0 saturated carbocycles. The molecule has 0 atom stereocenters. The van der Waals surface area contributed by atoms with Gasteiger partial charge in [-0.1, -0.05) is 24.3 Å². The van der Waals surface area contributed by atoms with Gasteiger partial charge >= 0.3 is 6.03 Å². The second kappa shape index (κ2) is 7.42. The molecule has 3 amide bonds. The predicted molar refractivity (Wildman–Crippen MR) is 107 cm³/mol. The van der Waals surface area contributed by atoms with Crippen LogP contribution in [-0.4, -0.2) is 49.2 Å². The first-order valence-electron chi connectivity index (χ1n) is 9.43. The number of carbonyl (C=O) groups excluding carboxylic acids is 2. The molecule has 2 fully saturated rings. The number of urea groups is 1. The zero-order chi connectivity index (χ0) is 19.6. The number of carbonyl (C=O) groups is 2. The van der Waals surface area contributed by atoms with Crippen molar-refractivity contribution >= 4 is 23.3 Å². The number of ether oxygens (including phenoxy) is 1. The van der Waals surface area contributed by atoms with Gasteiger partial charge in [0.1, 0.15) is 11.3 Å². The van der Waals surface area contributed by atoms with Crippen molar-refractivity contribution in [1.82, 2.24) is 10.2 Å². The molecule has 7 nitrogen and oxygen atoms in total. The molecule has 0 radical (unpaired) electrons. The molecule has 4 rings (SSSR count). The number of methoxy groups -OCH3 is 1. The Bertz CT molecular complexity index is 863. The number of nitrogens with zero attached hydrogens (tertiary/aromatic N) is 2. The van der Waals surface area contributed by atoms with Gasteiger partial charge in [0.15, 0.2) is 0 Å². The normalized spacial score (nSPS) is 18.1. The zero-order valence-electron chi connectivity index (χ0n) is 15.9. The van der Waals surface area contributed by atoms with Crippen LogP contribution in [0.3, 0.4) is 0 Å². The van der Waals surface area contributed by atoms with Crippen LogP contribution in [0.2, 0.25) is 0 Å². The Morgan fingerprint density at radius 2 is 1.86 bits per heavy atom. The Balaban J connectivity index is 1.44. The van der Waals surface area contributed by atoms with Crippen molar-refractivity contribution in [3.8, 4) is 5.75 Å². The summed E-state index contributed by atoms with van der Waals surface area (Å²) in [5, 5.41) is 5.89. The third kappa shape index (κ3) is 3.24. The molecule has 7 heteroatoms. The van der Waals surface area contributed by atoms with E-state index in [2.05, 4.69) is 15.5 Å². The largest absolute Gasteiger partial charge is 0.497 e. The van der Waals surface area contributed by atoms with Crippen LogP contribution in [0.15, 0.2) is 54.6 Å². The van der Waals surface area contributed by atoms with Gasteiger partial charge in [0.2, 0.25) is 5.91 Å². The van der Waals surface area contributed by atoms with E-state index in [1.54, 1.807) is 18.1 Å². The maximum atomic E-state index is 12.7. The van der Waals surface area contributed by atoms with Crippen LogP contribution < -0.4 is 20.3 Å². The standard InChI is InChI=1S/C21H24N4O3/c1-28-18-9-5-6-16(14-18)23-20(27)24-12-10-21(11-13-24)19(26)22-15-25(21)17-7-3-2-4-8-17/h2-9,14H,10-13,15H2,1H3,(H,22,26)(H,23,27). The Hall–Kier alpha value is -3.22. The topological polar surface area (TPSA) is 73.9 Å². The van der Waals surface area contributed by atoms with Gasteiger partial charge in [-0.15, -0.1) is 0 Å². The molecule has 2 aromatic carbocycles. The van der Waals surface area contributed by atoms with Crippen molar-refractivity contribution in [2.24, 2.45) is 0 Å². The molecule has 146 valence electrons. The molecule has 2 N–H and O–H groups in total. The summed E-state index contributed by atoms with van der Waals surface area (Å²) < 4.78 is 5.20. The highest BCUT2D eigenvalue weighted by Crippen LogP contribution is 2.36. The van der Waals surface area contributed by atoms with E-state index < -0.39 is 5.54 Å². The summed E-state index contributed by atoms with van der Waals surface area (Å²) in [6.07, 6.45) is 1.19. The second-order valence-corrected chi connectivity index (χ2v) is 7.11. The Morgan fingerprint density at radius 3 is 2.57 bits per heavy atom. The number of nitrogens with one attached hydrogen (secondary N) is 2. The molecular weight excluding hydrogens is 356 g/mol. The fourth-order valence-corrected chi connectivity index (χ4v) is 4.02. The summed E-state index contributed by atoms with van der Waals surface area (Å²) in [5.41, 5.74) is 1.12. The van der Waals surface area contributed by atoms with Gasteiger partial charge in [-0.2, -0.15) is 0 Å². The summed E-state index contributed by atoms with van der Waals surface area (Å²) in [7, 11) is 1.59. The highest BCUT2D eigenvalue weighted by molar-refractivity contribution is 5.94. The smallest absolute Gasteiger partial charge is 0.321 e. The minimum absolute atomic E-state index is 0.0456. The molecule has 2 heterocycles. The van der Waals surface area contributed by atoms with Crippen molar-refractivity contribution in [3.63, 3.8) is 0 Å². The van der Waals surface area contributed by atoms with Crippen molar-refractivity contribution in [1.29, 1.82) is 0 Å². The third-order valence-corrected chi connectivity index (χ3v) is 5.60. The fraction of sp³-hybridized carbons (Fsp3) is 0.333. The van der Waals surface area contributed by atoms with Crippen molar-refractivity contribution in [2.75, 3.05) is 37.1 Å². The van der Waals surface area contributed by atoms with E-state index in [9.17, 15) is 9.59 Å². The maximum absolute atomic E-state index is 12.7. The molecule has 0 aromatic heterocycles. The SMILES string of the molecule is COc1cccc(NC(=O)N2CCC3(CC2)C(=O)NCN3c2ccccc2)c1. The Labute approximate surface area is 164 Å². The van der Waals surface area contributed by atoms with E-state index in [1.165, 1.54) is 0 Å². The molecule has 0 aliphatic carbocycles. The molecule has 0 unspecified atom stereocenters. The van der Waals surface area contributed by atoms with E-state index in [4.69, 9.17) is 4.74 Å². The van der Waals surface area contributed by atoms with Crippen LogP contribution in [0.4, 0.5) is 16.2 Å². The lowest BCUT2D eigenvalue weighted by atomic mass is 9.85. The number of piperidine rings is 1. The summed E-state index contributed by atoms with van der Waals surface area (Å²) in [6, 6.07) is 17.1. The lowest BCUT2D eigenvalue weighted by molar-refractivity contribution is -0.124. The predicted octanol–water partition coefficient (Wildman–Crippen LogP) is 2.66. The highest BCUT2D eigenvalue weighted by atomic mass is 16.5. The molecule has 28 heavy (non-hydrogen) atoms. The monoisotopic (exact) mass is 380 g/mol. The van der Waals surface area contributed by atoms with Crippen molar-refractivity contribution in [2.45, 2.75) is 18.4 Å². The van der Waals surface area contributed by atoms with Crippen LogP contribution in [0.5, 0.6) is 5.75 Å². The number of para-hydroxylation sites is 1. The first-order chi connectivity index (χ1) is 13.6. The molecule has 2 aliphatic heterocycles. The molecule has 2 aliphatic rings. The average Bonchev–Trinajstić information content (AvgIpc) is 3.05. The number of likely N-dealkylation sites (tertiary alicyclic amines) is 1. The van der Waals surface area contributed by atoms with Crippen LogP contribution >= 0.6 is 0 Å². The number of hydrogen-bond acceptors (Lipinski definition) is 4. The molecular formula is C21H24N4O3. The van der Waals surface area contributed by atoms with Gasteiger partial charge in [-0.3, -0.25) is 4.79 Å². The summed E-state index contributed by atoms with van der Waals surface area (Å²) in [4.78, 5) is 29.2. The second-order valence-electron chi connectivity index (χ2n) is 7.11. The Morgan fingerprint density at radius 1 is 1.11 bits per heavy atom. The van der Waals surface area contributed by atoms with Crippen LogP contribution in [-0.2, 0) is 4.79 Å². The molecule has 0 bridgehead atoms. The third-order valence-electron chi connectivity index (χ3n) is 5.60. The van der Waals surface area contributed by atoms with Gasteiger partial charge < -0.3 is 25.2 Å². The molecule has 1 spiro atoms. The first kappa shape index (κ1) is 18.2. The van der Waals surface area contributed by atoms with Crippen molar-refractivity contribution in [3.05, 3.63) is 54.6 Å². The van der Waals surface area contributed by atoms with Crippen molar-refractivity contribution < 1.29 is 14.3 Å². The molecule has 2 saturated heterocycles. The van der Waals surface area contributed by atoms with Gasteiger partial charge in [0, 0.05) is 30.5 Å². The number of hydrogen-bond donors (Lipinski definition) is 2. The minimum Gasteiger partial charge on any atom is -0.497 e. The van der Waals surface area contributed by atoms with Gasteiger partial charge in [0.05, 0.1) is 13.8 Å². The number of amides is 3. The lowest BCUT2D eigenvalue weighted by Crippen LogP contribution is -2.57. The van der Waals surface area contributed by atoms with Crippen LogP contribution in [0.25, 0.3) is 0 Å². The van der Waals surface area contributed by atoms with E-state index in [0.29, 0.717) is 44.0 Å². The minimum atomic E-state index is -0.589. The lowest BCUT2D eigenvalue weighted by Gasteiger charge is -2.43. The Kier molecular flexibility index (Phi) is 4.81. The summed E-state index contributed by atoms with van der Waals surface area (Å²) in [6.45, 7) is 1.54. The van der Waals surface area contributed by atoms with E-state index >= 15 is 0 Å². The van der Waals surface area contributed by atoms with Crippen LogP contribution in [0.1, 0.15) is 12.8 Å². The summed E-state index contributed by atoms with van der Waals surface area (Å²) in [5.74, 6) is 0.737. The van der Waals surface area contributed by atoms with Gasteiger partial charge in [-0.05, 0) is 37.1 Å². The van der Waals surface area contributed by atoms with E-state index in [1.807, 2.05) is 48.5 Å². The van der Waals surface area contributed by atoms with E-state index in [-0.39, 0.29) is 11.9 Å². The van der Waals surface area contributed by atoms with Gasteiger partial charge in [0.25, 0.3) is 0 Å². The quantitative estimate of drug-likeness (QED) is 0.859. The maximum Gasteiger partial charge on any atom is 0.321 e. The van der Waals surface area contributed by atoms with E-state index in [0.717, 1.165) is 5.69 Å². The average molecular weight is 380 g/mol. The number of benzene rings is 2. The summed E-state index contributed by atoms with van der Waals surface area (Å²) >= 11 is 0. The number of anilines is 2. The highest BCUT2D eigenvalue weighted by Gasteiger charge is 2.50. The zero-order valence-corrected chi connectivity index (χ0v) is 15.9. The molecule has 2 aromatic rings. The van der Waals surface area contributed by atoms with Crippen LogP contribution in [0, 0.1) is 0 Å². The first-order valence-corrected chi connectivity index (χ1v) is 9.43. The fourth-order valence-electron chi connectivity index (χ4n) is 4.02. The number of rotatable bonds is 3.